The van der Waals surface area contributed by atoms with Crippen molar-refractivity contribution in [2.24, 2.45) is 0 Å². The monoisotopic (exact) mass is 338 g/mol. The maximum absolute atomic E-state index is 8.91. The molecule has 1 heterocycles. The van der Waals surface area contributed by atoms with E-state index >= 15 is 0 Å². The van der Waals surface area contributed by atoms with Crippen LogP contribution >= 0.6 is 22.9 Å². The third kappa shape index (κ3) is 4.53. The third-order valence-electron chi connectivity index (χ3n) is 3.65. The number of aliphatic hydroxyl groups is 1. The molecule has 0 saturated heterocycles. The van der Waals surface area contributed by atoms with Crippen LogP contribution in [-0.4, -0.2) is 22.7 Å². The smallest absolute Gasteiger partial charge is 0.123 e. The van der Waals surface area contributed by atoms with Crippen LogP contribution in [0.5, 0.6) is 0 Å². The Bertz CT molecular complexity index is 597. The first-order chi connectivity index (χ1) is 10.5. The summed E-state index contributed by atoms with van der Waals surface area (Å²) in [5.74, 6) is 0. The lowest BCUT2D eigenvalue weighted by Gasteiger charge is -2.19. The summed E-state index contributed by atoms with van der Waals surface area (Å²) in [6.07, 6.45) is 1.81. The van der Waals surface area contributed by atoms with Crippen molar-refractivity contribution in [3.8, 4) is 10.6 Å². The van der Waals surface area contributed by atoms with Crippen molar-refractivity contribution in [3.63, 3.8) is 0 Å². The van der Waals surface area contributed by atoms with Gasteiger partial charge in [0, 0.05) is 34.2 Å². The van der Waals surface area contributed by atoms with Gasteiger partial charge in [-0.3, -0.25) is 0 Å². The van der Waals surface area contributed by atoms with Gasteiger partial charge in [0.05, 0.1) is 5.69 Å². The van der Waals surface area contributed by atoms with Crippen LogP contribution in [0.15, 0.2) is 24.3 Å². The number of thiazole rings is 1. The van der Waals surface area contributed by atoms with Gasteiger partial charge in [0.15, 0.2) is 0 Å². The van der Waals surface area contributed by atoms with Gasteiger partial charge in [-0.05, 0) is 45.7 Å². The molecule has 1 aromatic heterocycles. The zero-order chi connectivity index (χ0) is 16.1. The van der Waals surface area contributed by atoms with Gasteiger partial charge in [-0.15, -0.1) is 11.3 Å². The van der Waals surface area contributed by atoms with E-state index in [2.05, 4.69) is 26.1 Å². The number of benzene rings is 1. The molecule has 3 nitrogen and oxygen atoms in total. The second-order valence-electron chi connectivity index (χ2n) is 5.63. The molecule has 2 unspecified atom stereocenters. The minimum Gasteiger partial charge on any atom is -0.396 e. The summed E-state index contributed by atoms with van der Waals surface area (Å²) in [5.41, 5.74) is 2.17. The van der Waals surface area contributed by atoms with Crippen LogP contribution in [0.2, 0.25) is 5.02 Å². The zero-order valence-corrected chi connectivity index (χ0v) is 14.8. The SMILES string of the molecule is Cc1nc(-c2ccc(Cl)cc2)sc1C(C)NC(C)CCCO. The number of aromatic nitrogens is 1. The van der Waals surface area contributed by atoms with Crippen LogP contribution < -0.4 is 5.32 Å². The van der Waals surface area contributed by atoms with Crippen molar-refractivity contribution in [3.05, 3.63) is 39.9 Å². The number of hydrogen-bond acceptors (Lipinski definition) is 4. The van der Waals surface area contributed by atoms with Crippen molar-refractivity contribution >= 4 is 22.9 Å². The average Bonchev–Trinajstić information content (AvgIpc) is 2.88. The van der Waals surface area contributed by atoms with Gasteiger partial charge >= 0.3 is 0 Å². The highest BCUT2D eigenvalue weighted by atomic mass is 35.5. The second-order valence-corrected chi connectivity index (χ2v) is 7.10. The van der Waals surface area contributed by atoms with Crippen molar-refractivity contribution < 1.29 is 5.11 Å². The quantitative estimate of drug-likeness (QED) is 0.776. The molecule has 0 radical (unpaired) electrons. The van der Waals surface area contributed by atoms with E-state index in [1.165, 1.54) is 4.88 Å². The Morgan fingerprint density at radius 3 is 2.59 bits per heavy atom. The fourth-order valence-corrected chi connectivity index (χ4v) is 3.72. The number of rotatable bonds is 7. The molecule has 2 rings (SSSR count). The molecule has 0 bridgehead atoms. The molecule has 2 aromatic rings. The zero-order valence-electron chi connectivity index (χ0n) is 13.3. The lowest BCUT2D eigenvalue weighted by molar-refractivity contribution is 0.274. The Morgan fingerprint density at radius 1 is 1.27 bits per heavy atom. The summed E-state index contributed by atoms with van der Waals surface area (Å²) in [5, 5.41) is 14.3. The molecule has 0 aliphatic carbocycles. The van der Waals surface area contributed by atoms with Gasteiger partial charge in [0.25, 0.3) is 0 Å². The molecule has 22 heavy (non-hydrogen) atoms. The normalized spacial score (nSPS) is 14.0. The molecule has 0 fully saturated rings. The fourth-order valence-electron chi connectivity index (χ4n) is 2.51. The summed E-state index contributed by atoms with van der Waals surface area (Å²) in [4.78, 5) is 5.96. The minimum absolute atomic E-state index is 0.251. The molecule has 0 saturated carbocycles. The molecule has 1 aromatic carbocycles. The minimum atomic E-state index is 0.251. The third-order valence-corrected chi connectivity index (χ3v) is 5.29. The molecule has 0 amide bonds. The van der Waals surface area contributed by atoms with E-state index in [0.29, 0.717) is 6.04 Å². The summed E-state index contributed by atoms with van der Waals surface area (Å²) < 4.78 is 0. The van der Waals surface area contributed by atoms with Crippen molar-refractivity contribution in [1.29, 1.82) is 0 Å². The van der Waals surface area contributed by atoms with Crippen LogP contribution in [0, 0.1) is 6.92 Å². The van der Waals surface area contributed by atoms with Gasteiger partial charge in [0.1, 0.15) is 5.01 Å². The number of nitrogens with one attached hydrogen (secondary N) is 1. The van der Waals surface area contributed by atoms with Crippen LogP contribution in [0.25, 0.3) is 10.6 Å². The predicted molar refractivity (Wildman–Crippen MR) is 94.6 cm³/mol. The molecule has 120 valence electrons. The Kier molecular flexibility index (Phi) is 6.38. The largest absolute Gasteiger partial charge is 0.396 e. The lowest BCUT2D eigenvalue weighted by Crippen LogP contribution is -2.29. The predicted octanol–water partition coefficient (Wildman–Crippen LogP) is 4.58. The van der Waals surface area contributed by atoms with E-state index < -0.39 is 0 Å². The highest BCUT2D eigenvalue weighted by Gasteiger charge is 2.16. The van der Waals surface area contributed by atoms with Crippen molar-refractivity contribution in [1.82, 2.24) is 10.3 Å². The van der Waals surface area contributed by atoms with Crippen LogP contribution in [0.4, 0.5) is 0 Å². The van der Waals surface area contributed by atoms with E-state index in [0.717, 1.165) is 34.1 Å². The molecule has 2 atom stereocenters. The van der Waals surface area contributed by atoms with Crippen molar-refractivity contribution in [2.45, 2.75) is 45.7 Å². The number of nitrogens with zero attached hydrogens (tertiary/aromatic N) is 1. The molecule has 2 N–H and O–H groups in total. The summed E-state index contributed by atoms with van der Waals surface area (Å²) in [6.45, 7) is 6.63. The molecule has 0 aliphatic rings. The van der Waals surface area contributed by atoms with Crippen LogP contribution in [-0.2, 0) is 0 Å². The van der Waals surface area contributed by atoms with E-state index in [-0.39, 0.29) is 12.6 Å². The van der Waals surface area contributed by atoms with Gasteiger partial charge in [-0.25, -0.2) is 4.98 Å². The second kappa shape index (κ2) is 8.06. The van der Waals surface area contributed by atoms with E-state index in [1.54, 1.807) is 11.3 Å². The summed E-state index contributed by atoms with van der Waals surface area (Å²) >= 11 is 7.67. The van der Waals surface area contributed by atoms with Gasteiger partial charge < -0.3 is 10.4 Å². The number of aliphatic hydroxyl groups excluding tert-OH is 1. The average molecular weight is 339 g/mol. The Hall–Kier alpha value is -0.940. The number of halogens is 1. The maximum atomic E-state index is 8.91. The molecule has 5 heteroatoms. The van der Waals surface area contributed by atoms with E-state index in [1.807, 2.05) is 24.3 Å². The number of aryl methyl sites for hydroxylation is 1. The standard InChI is InChI=1S/C17H23ClN2OS/c1-11(5-4-10-21)19-12(2)16-13(3)20-17(22-16)14-6-8-15(18)9-7-14/h6-9,11-12,19,21H,4-5,10H2,1-3H3. The summed E-state index contributed by atoms with van der Waals surface area (Å²) in [7, 11) is 0. The highest BCUT2D eigenvalue weighted by Crippen LogP contribution is 2.32. The lowest BCUT2D eigenvalue weighted by atomic mass is 10.1. The highest BCUT2D eigenvalue weighted by molar-refractivity contribution is 7.15. The Balaban J connectivity index is 2.10. The topological polar surface area (TPSA) is 45.2 Å². The van der Waals surface area contributed by atoms with Crippen LogP contribution in [0.3, 0.4) is 0 Å². The van der Waals surface area contributed by atoms with Gasteiger partial charge in [-0.2, -0.15) is 0 Å². The first-order valence-electron chi connectivity index (χ1n) is 7.61. The van der Waals surface area contributed by atoms with E-state index in [4.69, 9.17) is 21.7 Å². The maximum Gasteiger partial charge on any atom is 0.123 e. The number of hydrogen-bond donors (Lipinski definition) is 2. The molecular formula is C17H23ClN2OS. The fraction of sp³-hybridized carbons (Fsp3) is 0.471. The first kappa shape index (κ1) is 17.4. The van der Waals surface area contributed by atoms with Crippen LogP contribution in [0.1, 0.15) is 43.3 Å². The van der Waals surface area contributed by atoms with Gasteiger partial charge in [0.2, 0.25) is 0 Å². The Labute approximate surface area is 141 Å². The first-order valence-corrected chi connectivity index (χ1v) is 8.81. The van der Waals surface area contributed by atoms with Crippen molar-refractivity contribution in [2.75, 3.05) is 6.61 Å². The Morgan fingerprint density at radius 2 is 1.95 bits per heavy atom. The summed E-state index contributed by atoms with van der Waals surface area (Å²) in [6, 6.07) is 8.44. The van der Waals surface area contributed by atoms with Gasteiger partial charge in [-0.1, -0.05) is 23.7 Å². The van der Waals surface area contributed by atoms with E-state index in [9.17, 15) is 0 Å². The molecular weight excluding hydrogens is 316 g/mol. The molecule has 0 aliphatic heterocycles. The molecule has 0 spiro atoms.